The lowest BCUT2D eigenvalue weighted by Gasteiger charge is -2.33. The summed E-state index contributed by atoms with van der Waals surface area (Å²) in [6, 6.07) is 71.1. The number of hydrogen-bond acceptors (Lipinski definition) is 2. The molecule has 1 aromatic heterocycles. The van der Waals surface area contributed by atoms with Crippen LogP contribution in [0.1, 0.15) is 25.0 Å². The molecule has 13 rings (SSSR count). The highest BCUT2D eigenvalue weighted by atomic mass is 16.5. The van der Waals surface area contributed by atoms with Crippen molar-refractivity contribution < 1.29 is 4.74 Å². The molecule has 0 spiro atoms. The fourth-order valence-electron chi connectivity index (χ4n) is 10.5. The van der Waals surface area contributed by atoms with Crippen LogP contribution in [0.15, 0.2) is 194 Å². The van der Waals surface area contributed by atoms with E-state index >= 15 is 0 Å². The summed E-state index contributed by atoms with van der Waals surface area (Å²) in [5.74, 6) is 1.68. The van der Waals surface area contributed by atoms with Crippen LogP contribution in [0.2, 0.25) is 0 Å². The fraction of sp³-hybridized carbons (Fsp3) is 0.0526. The number of aromatic nitrogens is 1. The van der Waals surface area contributed by atoms with E-state index in [2.05, 4.69) is 211 Å². The van der Waals surface area contributed by atoms with Crippen molar-refractivity contribution in [3.8, 4) is 39.4 Å². The molecule has 0 N–H and O–H groups in total. The lowest BCUT2D eigenvalue weighted by Crippen LogP contribution is -2.16. The van der Waals surface area contributed by atoms with Gasteiger partial charge in [-0.2, -0.15) is 0 Å². The van der Waals surface area contributed by atoms with Crippen LogP contribution in [0.25, 0.3) is 82.1 Å². The molecular formula is C57H38N2O. The summed E-state index contributed by atoms with van der Waals surface area (Å²) in [6.45, 7) is 4.75. The minimum absolute atomic E-state index is 0.0773. The third-order valence-electron chi connectivity index (χ3n) is 13.3. The maximum atomic E-state index is 6.69. The van der Waals surface area contributed by atoms with Gasteiger partial charge in [0, 0.05) is 27.3 Å². The second-order valence-corrected chi connectivity index (χ2v) is 16.9. The van der Waals surface area contributed by atoms with Crippen molar-refractivity contribution in [3.05, 3.63) is 205 Å². The van der Waals surface area contributed by atoms with Crippen LogP contribution < -0.4 is 9.64 Å². The number of fused-ring (bicyclic) bond motifs is 12. The van der Waals surface area contributed by atoms with Crippen LogP contribution in [0.3, 0.4) is 0 Å². The molecule has 2 heterocycles. The normalized spacial score (nSPS) is 13.7. The lowest BCUT2D eigenvalue weighted by atomic mass is 9.80. The third kappa shape index (κ3) is 4.66. The number of anilines is 3. The minimum atomic E-state index is -0.0773. The van der Waals surface area contributed by atoms with Crippen molar-refractivity contribution in [3.63, 3.8) is 0 Å². The van der Waals surface area contributed by atoms with E-state index in [0.29, 0.717) is 0 Å². The van der Waals surface area contributed by atoms with Crippen LogP contribution in [0, 0.1) is 0 Å². The molecule has 0 saturated heterocycles. The van der Waals surface area contributed by atoms with Crippen molar-refractivity contribution in [2.24, 2.45) is 0 Å². The number of nitrogens with zero attached hydrogens (tertiary/aromatic N) is 2. The molecular weight excluding hydrogens is 729 g/mol. The van der Waals surface area contributed by atoms with E-state index < -0.39 is 0 Å². The maximum Gasteiger partial charge on any atom is 0.152 e. The van der Waals surface area contributed by atoms with Crippen molar-refractivity contribution in [2.45, 2.75) is 19.3 Å². The highest BCUT2D eigenvalue weighted by molar-refractivity contribution is 6.11. The average molecular weight is 767 g/mol. The highest BCUT2D eigenvalue weighted by Crippen LogP contribution is 2.54. The van der Waals surface area contributed by atoms with Gasteiger partial charge >= 0.3 is 0 Å². The zero-order valence-corrected chi connectivity index (χ0v) is 33.3. The monoisotopic (exact) mass is 766 g/mol. The highest BCUT2D eigenvalue weighted by Gasteiger charge is 2.36. The van der Waals surface area contributed by atoms with Gasteiger partial charge < -0.3 is 14.2 Å². The number of rotatable bonds is 3. The smallest absolute Gasteiger partial charge is 0.152 e. The summed E-state index contributed by atoms with van der Waals surface area (Å²) in [7, 11) is 0. The summed E-state index contributed by atoms with van der Waals surface area (Å²) >= 11 is 0. The van der Waals surface area contributed by atoms with Crippen LogP contribution in [-0.4, -0.2) is 4.57 Å². The largest absolute Gasteiger partial charge is 0.453 e. The third-order valence-corrected chi connectivity index (χ3v) is 13.3. The van der Waals surface area contributed by atoms with Crippen molar-refractivity contribution in [1.82, 2.24) is 4.57 Å². The molecule has 0 unspecified atom stereocenters. The first-order chi connectivity index (χ1) is 29.5. The number of ether oxygens (including phenoxy) is 1. The number of benzene rings is 10. The Bertz CT molecular complexity index is 3620. The molecule has 0 bridgehead atoms. The Morgan fingerprint density at radius 2 is 1.12 bits per heavy atom. The number of hydrogen-bond donors (Lipinski definition) is 0. The SMILES string of the molecule is CC1(C)c2ccccc2-c2ccc3cc4ccc(-n5c6ccccc6c6cc(-c7ccc8c(c7)Oc7ccccc7N8c7cccc8ccccc78)ccc65)cc4cc3c21. The van der Waals surface area contributed by atoms with Gasteiger partial charge in [-0.05, 0) is 133 Å². The molecule has 0 atom stereocenters. The van der Waals surface area contributed by atoms with Gasteiger partial charge in [-0.25, -0.2) is 0 Å². The standard InChI is InChI=1S/C57H38N2O/c1-57(2)48-17-7-5-15-43(48)45-27-23-39-30-36-22-26-41(31-40(36)33-46(39)56(45)57)58-50-18-8-6-16-44(50)47-32-37(24-28-51(47)58)38-25-29-53-55(34-38)60-54-21-10-9-19-52(54)59(53)49-20-11-13-35-12-3-4-14-42(35)49/h3-34H,1-2H3. The molecule has 2 aliphatic rings. The van der Waals surface area contributed by atoms with E-state index in [-0.39, 0.29) is 5.41 Å². The van der Waals surface area contributed by atoms with Gasteiger partial charge in [0.05, 0.1) is 28.1 Å². The van der Waals surface area contributed by atoms with Crippen molar-refractivity contribution in [1.29, 1.82) is 0 Å². The molecule has 60 heavy (non-hydrogen) atoms. The van der Waals surface area contributed by atoms with E-state index in [1.54, 1.807) is 0 Å². The van der Waals surface area contributed by atoms with Crippen LogP contribution in [0.4, 0.5) is 17.1 Å². The molecule has 10 aromatic carbocycles. The van der Waals surface area contributed by atoms with E-state index in [4.69, 9.17) is 4.74 Å². The zero-order valence-electron chi connectivity index (χ0n) is 33.3. The Balaban J connectivity index is 0.940. The first-order valence-corrected chi connectivity index (χ1v) is 20.8. The predicted octanol–water partition coefficient (Wildman–Crippen LogP) is 15.8. The van der Waals surface area contributed by atoms with Crippen LogP contribution >= 0.6 is 0 Å². The molecule has 1 aliphatic carbocycles. The Hall–Kier alpha value is -7.62. The summed E-state index contributed by atoms with van der Waals surface area (Å²) < 4.78 is 9.12. The maximum absolute atomic E-state index is 6.69. The average Bonchev–Trinajstić information content (AvgIpc) is 3.75. The minimum Gasteiger partial charge on any atom is -0.453 e. The second-order valence-electron chi connectivity index (χ2n) is 16.9. The molecule has 3 heteroatoms. The molecule has 3 nitrogen and oxygen atoms in total. The summed E-state index contributed by atoms with van der Waals surface area (Å²) in [5.41, 5.74) is 14.4. The van der Waals surface area contributed by atoms with Gasteiger partial charge in [0.15, 0.2) is 11.5 Å². The van der Waals surface area contributed by atoms with Gasteiger partial charge in [-0.3, -0.25) is 0 Å². The van der Waals surface area contributed by atoms with E-state index in [1.165, 1.54) is 76.4 Å². The molecule has 1 aliphatic heterocycles. The van der Waals surface area contributed by atoms with Gasteiger partial charge in [0.25, 0.3) is 0 Å². The van der Waals surface area contributed by atoms with Gasteiger partial charge in [0.1, 0.15) is 0 Å². The van der Waals surface area contributed by atoms with Gasteiger partial charge in [0.2, 0.25) is 0 Å². The van der Waals surface area contributed by atoms with Gasteiger partial charge in [-0.15, -0.1) is 0 Å². The first-order valence-electron chi connectivity index (χ1n) is 20.8. The Kier molecular flexibility index (Phi) is 6.78. The lowest BCUT2D eigenvalue weighted by molar-refractivity contribution is 0.477. The topological polar surface area (TPSA) is 17.4 Å². The molecule has 0 fully saturated rings. The quantitative estimate of drug-likeness (QED) is 0.167. The Labute approximate surface area is 348 Å². The molecule has 0 radical (unpaired) electrons. The van der Waals surface area contributed by atoms with Crippen molar-refractivity contribution in [2.75, 3.05) is 4.90 Å². The van der Waals surface area contributed by atoms with E-state index in [0.717, 1.165) is 45.4 Å². The zero-order chi connectivity index (χ0) is 39.7. The summed E-state index contributed by atoms with van der Waals surface area (Å²) in [5, 5.41) is 9.98. The Morgan fingerprint density at radius 1 is 0.400 bits per heavy atom. The molecule has 282 valence electrons. The Morgan fingerprint density at radius 3 is 2.07 bits per heavy atom. The van der Waals surface area contributed by atoms with Gasteiger partial charge in [-0.1, -0.05) is 135 Å². The van der Waals surface area contributed by atoms with Crippen LogP contribution in [-0.2, 0) is 5.41 Å². The molecule has 0 amide bonds. The predicted molar refractivity (Wildman–Crippen MR) is 251 cm³/mol. The van der Waals surface area contributed by atoms with E-state index in [1.807, 2.05) is 6.07 Å². The molecule has 11 aromatic rings. The van der Waals surface area contributed by atoms with E-state index in [9.17, 15) is 0 Å². The summed E-state index contributed by atoms with van der Waals surface area (Å²) in [6.07, 6.45) is 0. The van der Waals surface area contributed by atoms with Crippen LogP contribution in [0.5, 0.6) is 11.5 Å². The molecule has 0 saturated carbocycles. The van der Waals surface area contributed by atoms with Crippen molar-refractivity contribution >= 4 is 71.2 Å². The fourth-order valence-corrected chi connectivity index (χ4v) is 10.5. The number of para-hydroxylation sites is 3. The first kappa shape index (κ1) is 33.4. The summed E-state index contributed by atoms with van der Waals surface area (Å²) in [4.78, 5) is 2.34. The second kappa shape index (κ2) is 12.2.